The largest absolute Gasteiger partial charge is 0.511 e. The van der Waals surface area contributed by atoms with Crippen LogP contribution in [0.2, 0.25) is 0 Å². The number of rotatable bonds is 10. The van der Waals surface area contributed by atoms with E-state index in [2.05, 4.69) is 15.5 Å². The molecule has 15 nitrogen and oxygen atoms in total. The molecular weight excluding hydrogens is 538 g/mol. The van der Waals surface area contributed by atoms with E-state index in [1.807, 2.05) is 0 Å². The van der Waals surface area contributed by atoms with Crippen molar-refractivity contribution in [3.63, 3.8) is 0 Å². The van der Waals surface area contributed by atoms with E-state index in [1.54, 1.807) is 20.8 Å². The number of thiazole rings is 1. The molecule has 3 atom stereocenters. The first-order valence-corrected chi connectivity index (χ1v) is 12.8. The molecule has 39 heavy (non-hydrogen) atoms. The third kappa shape index (κ3) is 6.63. The van der Waals surface area contributed by atoms with Crippen LogP contribution < -0.4 is 11.1 Å². The minimum atomic E-state index is -1.40. The molecule has 0 spiro atoms. The predicted octanol–water partition coefficient (Wildman–Crippen LogP) is 0.833. The average molecular weight is 568 g/mol. The van der Waals surface area contributed by atoms with E-state index in [4.69, 9.17) is 29.5 Å². The molecule has 1 saturated heterocycles. The highest BCUT2D eigenvalue weighted by Gasteiger charge is 2.55. The Hall–Kier alpha value is -4.21. The predicted molar refractivity (Wildman–Crippen MR) is 134 cm³/mol. The normalized spacial score (nSPS) is 19.5. The lowest BCUT2D eigenvalue weighted by Gasteiger charge is -2.50. The summed E-state index contributed by atoms with van der Waals surface area (Å²) >= 11 is 1.09. The molecule has 3 rings (SSSR count). The number of nitrogen functional groups attached to an aromatic ring is 1. The van der Waals surface area contributed by atoms with Crippen molar-refractivity contribution in [2.75, 3.05) is 19.5 Å². The number of carbonyl (C=O) groups is 5. The smallest absolute Gasteiger partial charge is 0.463 e. The highest BCUT2D eigenvalue weighted by molar-refractivity contribution is 7.13. The highest BCUT2D eigenvalue weighted by atomic mass is 32.1. The molecular formula is C23H29N5O10S. The van der Waals surface area contributed by atoms with Gasteiger partial charge < -0.3 is 34.8 Å². The number of hydrogen-bond acceptors (Lipinski definition) is 14. The van der Waals surface area contributed by atoms with Crippen LogP contribution in [0.5, 0.6) is 0 Å². The van der Waals surface area contributed by atoms with Crippen LogP contribution in [0.4, 0.5) is 9.93 Å². The molecule has 0 saturated carbocycles. The van der Waals surface area contributed by atoms with Crippen molar-refractivity contribution in [1.29, 1.82) is 0 Å². The monoisotopic (exact) mass is 567 g/mol. The van der Waals surface area contributed by atoms with Crippen LogP contribution in [0, 0.1) is 0 Å². The van der Waals surface area contributed by atoms with Crippen molar-refractivity contribution in [2.24, 2.45) is 5.16 Å². The number of anilines is 1. The Bertz CT molecular complexity index is 1210. The number of aromatic nitrogens is 1. The number of nitrogens with zero attached hydrogens (tertiary/aromatic N) is 3. The topological polar surface area (TPSA) is 198 Å². The van der Waals surface area contributed by atoms with Gasteiger partial charge in [0.15, 0.2) is 10.8 Å². The molecule has 0 bridgehead atoms. The summed E-state index contributed by atoms with van der Waals surface area (Å²) in [5, 5.41) is 7.98. The molecule has 2 aliphatic heterocycles. The van der Waals surface area contributed by atoms with Crippen molar-refractivity contribution in [3.05, 3.63) is 22.3 Å². The van der Waals surface area contributed by atoms with Crippen molar-refractivity contribution >= 4 is 52.1 Å². The molecule has 3 heterocycles. The molecule has 2 unspecified atom stereocenters. The van der Waals surface area contributed by atoms with Crippen molar-refractivity contribution < 1.29 is 47.8 Å². The Kier molecular flexibility index (Phi) is 9.45. The number of esters is 2. The Balaban J connectivity index is 1.80. The fourth-order valence-electron chi connectivity index (χ4n) is 3.96. The number of carbonyl (C=O) groups excluding carboxylic acids is 5. The molecule has 0 aliphatic carbocycles. The second-order valence-electron chi connectivity index (χ2n) is 8.51. The van der Waals surface area contributed by atoms with Gasteiger partial charge >= 0.3 is 18.1 Å². The summed E-state index contributed by atoms with van der Waals surface area (Å²) in [4.78, 5) is 73.5. The molecule has 0 aromatic carbocycles. The Labute approximate surface area is 227 Å². The quantitative estimate of drug-likeness (QED) is 0.101. The summed E-state index contributed by atoms with van der Waals surface area (Å²) < 4.78 is 20.0. The van der Waals surface area contributed by atoms with Gasteiger partial charge in [-0.15, -0.1) is 11.3 Å². The van der Waals surface area contributed by atoms with E-state index in [9.17, 15) is 24.0 Å². The zero-order valence-corrected chi connectivity index (χ0v) is 22.7. The fraction of sp³-hybridized carbons (Fsp3) is 0.522. The van der Waals surface area contributed by atoms with Gasteiger partial charge in [0.1, 0.15) is 24.5 Å². The number of β-lactam (4-membered cyclic amide) rings is 1. The first-order chi connectivity index (χ1) is 18.5. The number of nitrogens with two attached hydrogens (primary N) is 1. The van der Waals surface area contributed by atoms with Crippen LogP contribution in [-0.4, -0.2) is 83.7 Å². The highest BCUT2D eigenvalue weighted by Crippen LogP contribution is 2.38. The third-order valence-electron chi connectivity index (χ3n) is 5.47. The SMILES string of the molecule is CCOC(=O)C1=C(C(=O)OC(C)OC(=O)OC(C)C)N2C(=O)[C@@H](NC(=O)/C(=N\OC)c3csc(N)n3)C2CC1. The second kappa shape index (κ2) is 12.6. The van der Waals surface area contributed by atoms with E-state index in [0.717, 1.165) is 16.2 Å². The average Bonchev–Trinajstić information content (AvgIpc) is 3.29. The molecule has 2 aliphatic rings. The lowest BCUT2D eigenvalue weighted by Crippen LogP contribution is -2.72. The van der Waals surface area contributed by atoms with Crippen LogP contribution >= 0.6 is 11.3 Å². The molecule has 1 aromatic rings. The number of fused-ring (bicyclic) bond motifs is 1. The van der Waals surface area contributed by atoms with Crippen LogP contribution in [0.25, 0.3) is 0 Å². The van der Waals surface area contributed by atoms with Gasteiger partial charge in [-0.2, -0.15) is 0 Å². The second-order valence-corrected chi connectivity index (χ2v) is 9.40. The van der Waals surface area contributed by atoms with Crippen molar-refractivity contribution in [2.45, 2.75) is 65.0 Å². The van der Waals surface area contributed by atoms with Gasteiger partial charge in [0.2, 0.25) is 6.29 Å². The zero-order chi connectivity index (χ0) is 28.9. The summed E-state index contributed by atoms with van der Waals surface area (Å²) in [5.74, 6) is -3.32. The Morgan fingerprint density at radius 3 is 2.51 bits per heavy atom. The van der Waals surface area contributed by atoms with Crippen LogP contribution in [0.3, 0.4) is 0 Å². The number of oxime groups is 1. The zero-order valence-electron chi connectivity index (χ0n) is 21.9. The molecule has 1 aromatic heterocycles. The van der Waals surface area contributed by atoms with Crippen LogP contribution in [-0.2, 0) is 43.0 Å². The van der Waals surface area contributed by atoms with Gasteiger partial charge in [0.25, 0.3) is 11.8 Å². The van der Waals surface area contributed by atoms with E-state index in [-0.39, 0.29) is 47.3 Å². The number of amides is 2. The van der Waals surface area contributed by atoms with Crippen molar-refractivity contribution in [3.8, 4) is 0 Å². The first-order valence-electron chi connectivity index (χ1n) is 11.9. The summed E-state index contributed by atoms with van der Waals surface area (Å²) in [5.41, 5.74) is 5.17. The summed E-state index contributed by atoms with van der Waals surface area (Å²) in [7, 11) is 1.24. The van der Waals surface area contributed by atoms with E-state index >= 15 is 0 Å². The molecule has 2 amide bonds. The maximum atomic E-state index is 13.2. The molecule has 16 heteroatoms. The van der Waals surface area contributed by atoms with Crippen molar-refractivity contribution in [1.82, 2.24) is 15.2 Å². The summed E-state index contributed by atoms with van der Waals surface area (Å²) in [6.45, 7) is 6.11. The Morgan fingerprint density at radius 2 is 1.92 bits per heavy atom. The van der Waals surface area contributed by atoms with E-state index < -0.39 is 54.4 Å². The summed E-state index contributed by atoms with van der Waals surface area (Å²) in [6, 6.07) is -1.73. The molecule has 3 N–H and O–H groups in total. The van der Waals surface area contributed by atoms with E-state index in [1.165, 1.54) is 19.4 Å². The lowest BCUT2D eigenvalue weighted by molar-refractivity contribution is -0.172. The van der Waals surface area contributed by atoms with Gasteiger partial charge in [0.05, 0.1) is 24.3 Å². The number of hydrogen-bond donors (Lipinski definition) is 2. The molecule has 212 valence electrons. The minimum Gasteiger partial charge on any atom is -0.463 e. The molecule has 1 fully saturated rings. The maximum absolute atomic E-state index is 13.2. The fourth-order valence-corrected chi connectivity index (χ4v) is 4.50. The van der Waals surface area contributed by atoms with Gasteiger partial charge in [-0.1, -0.05) is 5.16 Å². The van der Waals surface area contributed by atoms with Gasteiger partial charge in [0, 0.05) is 12.3 Å². The van der Waals surface area contributed by atoms with Crippen LogP contribution in [0.15, 0.2) is 21.8 Å². The Morgan fingerprint density at radius 1 is 1.21 bits per heavy atom. The lowest BCUT2D eigenvalue weighted by atomic mass is 9.83. The summed E-state index contributed by atoms with van der Waals surface area (Å²) in [6.07, 6.45) is -2.65. The van der Waals surface area contributed by atoms with Crippen LogP contribution in [0.1, 0.15) is 46.2 Å². The standard InChI is InChI=1S/C23H29N5O10S/c1-6-35-20(31)12-7-8-14-16(26-18(29)15(27-34-5)13-9-39-22(24)25-13)19(30)28(14)17(12)21(32)37-11(4)38-23(33)36-10(2)3/h9-11,14,16H,6-8H2,1-5H3,(H2,24,25)(H,26,29)/b27-15-/t11?,14?,16-/m0/s1. The van der Waals surface area contributed by atoms with Gasteiger partial charge in [-0.05, 0) is 33.6 Å². The molecule has 0 radical (unpaired) electrons. The minimum absolute atomic E-state index is 0.0318. The van der Waals surface area contributed by atoms with E-state index in [0.29, 0.717) is 0 Å². The van der Waals surface area contributed by atoms with Gasteiger partial charge in [-0.3, -0.25) is 14.5 Å². The first kappa shape index (κ1) is 29.3. The van der Waals surface area contributed by atoms with Gasteiger partial charge in [-0.25, -0.2) is 19.4 Å². The number of nitrogens with one attached hydrogen (secondary N) is 1. The third-order valence-corrected chi connectivity index (χ3v) is 6.14. The maximum Gasteiger partial charge on any atom is 0.511 e. The number of ether oxygens (including phenoxy) is 4.